The molecule has 1 aromatic carbocycles. The summed E-state index contributed by atoms with van der Waals surface area (Å²) in [5.41, 5.74) is 8.77. The van der Waals surface area contributed by atoms with Crippen LogP contribution in [0.25, 0.3) is 0 Å². The predicted octanol–water partition coefficient (Wildman–Crippen LogP) is 1.02. The number of aliphatic imine (C=N–C) groups is 1. The molecule has 0 spiro atoms. The fraction of sp³-hybridized carbons (Fsp3) is 0.611. The lowest BCUT2D eigenvalue weighted by Gasteiger charge is -2.34. The van der Waals surface area contributed by atoms with E-state index in [9.17, 15) is 0 Å². The zero-order valence-electron chi connectivity index (χ0n) is 14.5. The van der Waals surface area contributed by atoms with Crippen LogP contribution in [0.15, 0.2) is 29.3 Å². The summed E-state index contributed by atoms with van der Waals surface area (Å²) >= 11 is 0. The lowest BCUT2D eigenvalue weighted by atomic mass is 10.0. The third-order valence-corrected chi connectivity index (χ3v) is 4.71. The number of guanidine groups is 1. The second-order valence-electron chi connectivity index (χ2n) is 6.37. The zero-order chi connectivity index (χ0) is 16.8. The van der Waals surface area contributed by atoms with Crippen LogP contribution in [-0.4, -0.2) is 74.9 Å². The van der Waals surface area contributed by atoms with Crippen molar-refractivity contribution >= 4 is 5.96 Å². The summed E-state index contributed by atoms with van der Waals surface area (Å²) < 4.78 is 10.9. The maximum absolute atomic E-state index is 6.21. The van der Waals surface area contributed by atoms with Gasteiger partial charge in [0.15, 0.2) is 5.96 Å². The smallest absolute Gasteiger partial charge is 0.191 e. The van der Waals surface area contributed by atoms with E-state index < -0.39 is 0 Å². The fourth-order valence-electron chi connectivity index (χ4n) is 3.18. The highest BCUT2D eigenvalue weighted by Crippen LogP contribution is 2.23. The standard InChI is InChI=1S/C18H28N4O2/c1-15-2-4-16(5-3-15)17(21-6-10-23-11-7-21)14-20-18(19)22-8-12-24-13-9-22/h2-5,17H,6-14H2,1H3,(H2,19,20). The number of ether oxygens (including phenoxy) is 2. The quantitative estimate of drug-likeness (QED) is 0.659. The number of benzene rings is 1. The van der Waals surface area contributed by atoms with Crippen LogP contribution in [0, 0.1) is 6.92 Å². The van der Waals surface area contributed by atoms with E-state index in [0.717, 1.165) is 52.6 Å². The van der Waals surface area contributed by atoms with Crippen LogP contribution in [0.3, 0.4) is 0 Å². The van der Waals surface area contributed by atoms with Gasteiger partial charge in [0.05, 0.1) is 39.0 Å². The second kappa shape index (κ2) is 8.46. The molecule has 2 saturated heterocycles. The monoisotopic (exact) mass is 332 g/mol. The van der Waals surface area contributed by atoms with E-state index in [1.807, 2.05) is 0 Å². The molecule has 24 heavy (non-hydrogen) atoms. The Hall–Kier alpha value is -1.63. The van der Waals surface area contributed by atoms with E-state index in [1.165, 1.54) is 11.1 Å². The van der Waals surface area contributed by atoms with E-state index in [1.54, 1.807) is 0 Å². The first-order chi connectivity index (χ1) is 11.7. The van der Waals surface area contributed by atoms with E-state index >= 15 is 0 Å². The molecule has 6 nitrogen and oxygen atoms in total. The average Bonchev–Trinajstić information content (AvgIpc) is 2.65. The number of nitrogens with zero attached hydrogens (tertiary/aromatic N) is 3. The van der Waals surface area contributed by atoms with Gasteiger partial charge in [0.25, 0.3) is 0 Å². The van der Waals surface area contributed by atoms with Crippen LogP contribution in [0.1, 0.15) is 17.2 Å². The average molecular weight is 332 g/mol. The highest BCUT2D eigenvalue weighted by atomic mass is 16.5. The topological polar surface area (TPSA) is 63.3 Å². The minimum absolute atomic E-state index is 0.245. The second-order valence-corrected chi connectivity index (χ2v) is 6.37. The zero-order valence-corrected chi connectivity index (χ0v) is 14.5. The molecule has 6 heteroatoms. The van der Waals surface area contributed by atoms with Crippen molar-refractivity contribution in [2.24, 2.45) is 10.7 Å². The molecule has 1 atom stereocenters. The number of nitrogens with two attached hydrogens (primary N) is 1. The van der Waals surface area contributed by atoms with Gasteiger partial charge in [-0.25, -0.2) is 0 Å². The van der Waals surface area contributed by atoms with Crippen LogP contribution in [-0.2, 0) is 9.47 Å². The van der Waals surface area contributed by atoms with Gasteiger partial charge in [-0.15, -0.1) is 0 Å². The van der Waals surface area contributed by atoms with Crippen molar-refractivity contribution in [3.63, 3.8) is 0 Å². The van der Waals surface area contributed by atoms with Crippen molar-refractivity contribution in [3.8, 4) is 0 Å². The van der Waals surface area contributed by atoms with Gasteiger partial charge in [-0.2, -0.15) is 0 Å². The van der Waals surface area contributed by atoms with Gasteiger partial charge in [0, 0.05) is 26.2 Å². The fourth-order valence-corrected chi connectivity index (χ4v) is 3.18. The molecule has 0 aliphatic carbocycles. The first-order valence-electron chi connectivity index (χ1n) is 8.75. The summed E-state index contributed by atoms with van der Waals surface area (Å²) in [5, 5.41) is 0. The molecule has 1 unspecified atom stereocenters. The van der Waals surface area contributed by atoms with Crippen LogP contribution in [0.2, 0.25) is 0 Å². The van der Waals surface area contributed by atoms with Crippen LogP contribution in [0.5, 0.6) is 0 Å². The van der Waals surface area contributed by atoms with Crippen molar-refractivity contribution in [1.29, 1.82) is 0 Å². The van der Waals surface area contributed by atoms with Crippen molar-refractivity contribution in [2.45, 2.75) is 13.0 Å². The highest BCUT2D eigenvalue weighted by molar-refractivity contribution is 5.78. The molecule has 0 saturated carbocycles. The maximum Gasteiger partial charge on any atom is 0.191 e. The van der Waals surface area contributed by atoms with Crippen LogP contribution in [0.4, 0.5) is 0 Å². The third-order valence-electron chi connectivity index (χ3n) is 4.71. The number of hydrogen-bond donors (Lipinski definition) is 1. The van der Waals surface area contributed by atoms with Gasteiger partial charge in [-0.1, -0.05) is 29.8 Å². The van der Waals surface area contributed by atoms with Gasteiger partial charge < -0.3 is 20.1 Å². The lowest BCUT2D eigenvalue weighted by molar-refractivity contribution is 0.0178. The first-order valence-corrected chi connectivity index (χ1v) is 8.75. The molecule has 0 amide bonds. The molecule has 0 bridgehead atoms. The van der Waals surface area contributed by atoms with Crippen LogP contribution >= 0.6 is 0 Å². The Bertz CT molecular complexity index is 534. The Morgan fingerprint density at radius 1 is 1.04 bits per heavy atom. The Morgan fingerprint density at radius 2 is 1.62 bits per heavy atom. The van der Waals surface area contributed by atoms with Crippen molar-refractivity contribution < 1.29 is 9.47 Å². The van der Waals surface area contributed by atoms with Crippen molar-refractivity contribution in [3.05, 3.63) is 35.4 Å². The summed E-state index contributed by atoms with van der Waals surface area (Å²) in [7, 11) is 0. The van der Waals surface area contributed by atoms with Gasteiger partial charge in [0.2, 0.25) is 0 Å². The molecule has 2 heterocycles. The molecule has 3 rings (SSSR count). The molecule has 132 valence electrons. The number of aryl methyl sites for hydroxylation is 1. The lowest BCUT2D eigenvalue weighted by Crippen LogP contribution is -2.45. The summed E-state index contributed by atoms with van der Waals surface area (Å²) in [6.07, 6.45) is 0. The minimum Gasteiger partial charge on any atom is -0.379 e. The molecule has 1 aromatic rings. The normalized spacial score (nSPS) is 21.7. The van der Waals surface area contributed by atoms with Crippen molar-refractivity contribution in [1.82, 2.24) is 9.80 Å². The molecule has 2 fully saturated rings. The number of morpholine rings is 2. The molecular formula is C18H28N4O2. The van der Waals surface area contributed by atoms with Crippen molar-refractivity contribution in [2.75, 3.05) is 59.2 Å². The van der Waals surface area contributed by atoms with Gasteiger partial charge in [-0.05, 0) is 12.5 Å². The maximum atomic E-state index is 6.21. The Balaban J connectivity index is 1.72. The number of rotatable bonds is 4. The summed E-state index contributed by atoms with van der Waals surface area (Å²) in [6.45, 7) is 9.31. The minimum atomic E-state index is 0.245. The summed E-state index contributed by atoms with van der Waals surface area (Å²) in [5.74, 6) is 0.628. The SMILES string of the molecule is Cc1ccc(C(CN=C(N)N2CCOCC2)N2CCOCC2)cc1. The molecule has 2 aliphatic heterocycles. The summed E-state index contributed by atoms with van der Waals surface area (Å²) in [6, 6.07) is 8.98. The largest absolute Gasteiger partial charge is 0.379 e. The highest BCUT2D eigenvalue weighted by Gasteiger charge is 2.23. The Labute approximate surface area is 144 Å². The Morgan fingerprint density at radius 3 is 2.25 bits per heavy atom. The van der Waals surface area contributed by atoms with E-state index in [-0.39, 0.29) is 6.04 Å². The van der Waals surface area contributed by atoms with E-state index in [0.29, 0.717) is 12.5 Å². The Kier molecular flexibility index (Phi) is 6.07. The summed E-state index contributed by atoms with van der Waals surface area (Å²) in [4.78, 5) is 9.26. The molecule has 2 aliphatic rings. The molecule has 2 N–H and O–H groups in total. The van der Waals surface area contributed by atoms with Gasteiger partial charge in [0.1, 0.15) is 0 Å². The predicted molar refractivity (Wildman–Crippen MR) is 95.2 cm³/mol. The number of hydrogen-bond acceptors (Lipinski definition) is 4. The molecule has 0 radical (unpaired) electrons. The van der Waals surface area contributed by atoms with E-state index in [4.69, 9.17) is 20.2 Å². The van der Waals surface area contributed by atoms with Gasteiger partial charge >= 0.3 is 0 Å². The molecule has 0 aromatic heterocycles. The van der Waals surface area contributed by atoms with E-state index in [2.05, 4.69) is 41.0 Å². The van der Waals surface area contributed by atoms with Crippen LogP contribution < -0.4 is 5.73 Å². The molecular weight excluding hydrogens is 304 g/mol. The third kappa shape index (κ3) is 4.47. The first kappa shape index (κ1) is 17.2. The van der Waals surface area contributed by atoms with Gasteiger partial charge in [-0.3, -0.25) is 9.89 Å².